The summed E-state index contributed by atoms with van der Waals surface area (Å²) in [4.78, 5) is 0. The van der Waals surface area contributed by atoms with Gasteiger partial charge in [0.15, 0.2) is 0 Å². The molecule has 2 aromatic heterocycles. The molecule has 0 saturated heterocycles. The monoisotopic (exact) mass is 364 g/mol. The first-order valence-corrected chi connectivity index (χ1v) is 7.18. The van der Waals surface area contributed by atoms with Gasteiger partial charge >= 0.3 is 0 Å². The van der Waals surface area contributed by atoms with Gasteiger partial charge in [0, 0.05) is 18.3 Å². The molecule has 86 valence electrons. The lowest BCUT2D eigenvalue weighted by atomic mass is 10.1. The van der Waals surface area contributed by atoms with E-state index in [-0.39, 0.29) is 0 Å². The van der Waals surface area contributed by atoms with Crippen LogP contribution in [0.2, 0.25) is 0 Å². The second kappa shape index (κ2) is 5.00. The van der Waals surface area contributed by atoms with E-state index < -0.39 is 6.10 Å². The molecule has 1 unspecified atom stereocenters. The highest BCUT2D eigenvalue weighted by atomic mass is 79.9. The van der Waals surface area contributed by atoms with Crippen LogP contribution < -0.4 is 0 Å². The molecule has 0 aromatic carbocycles. The third-order valence-electron chi connectivity index (χ3n) is 2.31. The third-order valence-corrected chi connectivity index (χ3v) is 4.69. The minimum absolute atomic E-state index is 0.639. The highest BCUT2D eigenvalue weighted by molar-refractivity contribution is 9.12. The molecule has 1 atom stereocenters. The Morgan fingerprint density at radius 1 is 1.56 bits per heavy atom. The van der Waals surface area contributed by atoms with Crippen molar-refractivity contribution < 1.29 is 5.11 Å². The van der Waals surface area contributed by atoms with Crippen molar-refractivity contribution >= 4 is 43.2 Å². The van der Waals surface area contributed by atoms with Gasteiger partial charge in [-0.25, -0.2) is 0 Å². The molecule has 6 heteroatoms. The van der Waals surface area contributed by atoms with Crippen LogP contribution in [-0.2, 0) is 6.54 Å². The van der Waals surface area contributed by atoms with Crippen molar-refractivity contribution in [2.24, 2.45) is 0 Å². The van der Waals surface area contributed by atoms with E-state index in [9.17, 15) is 5.11 Å². The van der Waals surface area contributed by atoms with Gasteiger partial charge in [-0.15, -0.1) is 11.3 Å². The lowest BCUT2D eigenvalue weighted by molar-refractivity contribution is 0.208. The average Bonchev–Trinajstić information content (AvgIpc) is 2.83. The molecule has 0 aliphatic carbocycles. The smallest absolute Gasteiger partial charge is 0.123 e. The Balaban J connectivity index is 2.38. The van der Waals surface area contributed by atoms with Crippen molar-refractivity contribution in [2.45, 2.75) is 19.6 Å². The fraction of sp³-hybridized carbons (Fsp3) is 0.300. The summed E-state index contributed by atoms with van der Waals surface area (Å²) in [5.74, 6) is 0. The molecule has 2 rings (SSSR count). The number of thiophene rings is 1. The minimum Gasteiger partial charge on any atom is -0.382 e. The van der Waals surface area contributed by atoms with Gasteiger partial charge < -0.3 is 5.11 Å². The normalized spacial score (nSPS) is 13.0. The number of hydrogen-bond donors (Lipinski definition) is 1. The molecular weight excluding hydrogens is 356 g/mol. The quantitative estimate of drug-likeness (QED) is 0.902. The summed E-state index contributed by atoms with van der Waals surface area (Å²) in [5, 5.41) is 14.4. The molecule has 0 aliphatic rings. The van der Waals surface area contributed by atoms with Crippen LogP contribution in [0.1, 0.15) is 24.3 Å². The summed E-state index contributed by atoms with van der Waals surface area (Å²) in [6.45, 7) is 2.75. The van der Waals surface area contributed by atoms with Gasteiger partial charge in [0.05, 0.1) is 13.3 Å². The van der Waals surface area contributed by atoms with Crippen LogP contribution in [-0.4, -0.2) is 14.9 Å². The molecule has 1 N–H and O–H groups in total. The van der Waals surface area contributed by atoms with Crippen molar-refractivity contribution in [2.75, 3.05) is 0 Å². The standard InChI is InChI=1S/C10H10Br2N2OS/c1-2-14-7(3-4-13-14)9(15)6-5-8(11)16-10(6)12/h3-5,9,15H,2H2,1H3. The maximum atomic E-state index is 10.3. The van der Waals surface area contributed by atoms with Gasteiger partial charge in [0.2, 0.25) is 0 Å². The van der Waals surface area contributed by atoms with Gasteiger partial charge in [0.25, 0.3) is 0 Å². The zero-order valence-electron chi connectivity index (χ0n) is 8.52. The molecule has 2 aromatic rings. The zero-order chi connectivity index (χ0) is 11.7. The molecule has 2 heterocycles. The number of rotatable bonds is 3. The summed E-state index contributed by atoms with van der Waals surface area (Å²) in [6.07, 6.45) is 1.07. The Hall–Kier alpha value is -0.170. The van der Waals surface area contributed by atoms with Crippen LogP contribution in [0.25, 0.3) is 0 Å². The van der Waals surface area contributed by atoms with Crippen molar-refractivity contribution in [1.82, 2.24) is 9.78 Å². The van der Waals surface area contributed by atoms with Gasteiger partial charge in [0.1, 0.15) is 6.10 Å². The first-order valence-electron chi connectivity index (χ1n) is 4.78. The summed E-state index contributed by atoms with van der Waals surface area (Å²) in [7, 11) is 0. The molecule has 0 amide bonds. The zero-order valence-corrected chi connectivity index (χ0v) is 12.5. The molecule has 0 aliphatic heterocycles. The Bertz CT molecular complexity index is 495. The van der Waals surface area contributed by atoms with Crippen molar-refractivity contribution in [3.63, 3.8) is 0 Å². The lowest BCUT2D eigenvalue weighted by Crippen LogP contribution is -2.08. The number of halogens is 2. The second-order valence-corrected chi connectivity index (χ2v) is 7.00. The first-order chi connectivity index (χ1) is 7.63. The van der Waals surface area contributed by atoms with E-state index in [4.69, 9.17) is 0 Å². The average molecular weight is 366 g/mol. The Kier molecular flexibility index (Phi) is 3.84. The maximum Gasteiger partial charge on any atom is 0.123 e. The van der Waals surface area contributed by atoms with Crippen LogP contribution in [0.5, 0.6) is 0 Å². The van der Waals surface area contributed by atoms with E-state index in [0.29, 0.717) is 0 Å². The summed E-state index contributed by atoms with van der Waals surface area (Å²) < 4.78 is 3.73. The predicted molar refractivity (Wildman–Crippen MR) is 71.7 cm³/mol. The van der Waals surface area contributed by atoms with Crippen molar-refractivity contribution in [1.29, 1.82) is 0 Å². The molecule has 16 heavy (non-hydrogen) atoms. The third kappa shape index (κ3) is 2.25. The molecule has 3 nitrogen and oxygen atoms in total. The molecule has 0 fully saturated rings. The van der Waals surface area contributed by atoms with E-state index in [0.717, 1.165) is 25.4 Å². The summed E-state index contributed by atoms with van der Waals surface area (Å²) >= 11 is 8.41. The Morgan fingerprint density at radius 2 is 2.31 bits per heavy atom. The number of hydrogen-bond acceptors (Lipinski definition) is 3. The molecule has 0 saturated carbocycles. The summed E-state index contributed by atoms with van der Waals surface area (Å²) in [6, 6.07) is 3.76. The van der Waals surface area contributed by atoms with Crippen LogP contribution in [0, 0.1) is 0 Å². The number of aliphatic hydroxyl groups is 1. The van der Waals surface area contributed by atoms with Crippen LogP contribution >= 0.6 is 43.2 Å². The van der Waals surface area contributed by atoms with Crippen LogP contribution in [0.15, 0.2) is 25.9 Å². The van der Waals surface area contributed by atoms with Gasteiger partial charge in [-0.05, 0) is 50.9 Å². The first kappa shape index (κ1) is 12.3. The number of aromatic nitrogens is 2. The topological polar surface area (TPSA) is 38.0 Å². The second-order valence-electron chi connectivity index (χ2n) is 3.25. The SMILES string of the molecule is CCn1nccc1C(O)c1cc(Br)sc1Br. The number of nitrogens with zero attached hydrogens (tertiary/aromatic N) is 2. The minimum atomic E-state index is -0.639. The lowest BCUT2D eigenvalue weighted by Gasteiger charge is -2.11. The van der Waals surface area contributed by atoms with E-state index >= 15 is 0 Å². The fourth-order valence-electron chi connectivity index (χ4n) is 1.54. The molecular formula is C10H10Br2N2OS. The van der Waals surface area contributed by atoms with Crippen molar-refractivity contribution in [3.05, 3.63) is 37.2 Å². The Morgan fingerprint density at radius 3 is 2.88 bits per heavy atom. The van der Waals surface area contributed by atoms with E-state index in [1.807, 2.05) is 19.1 Å². The van der Waals surface area contributed by atoms with Crippen molar-refractivity contribution in [3.8, 4) is 0 Å². The van der Waals surface area contributed by atoms with Gasteiger partial charge in [-0.2, -0.15) is 5.10 Å². The highest BCUT2D eigenvalue weighted by Crippen LogP contribution is 2.37. The largest absolute Gasteiger partial charge is 0.382 e. The number of aryl methyl sites for hydroxylation is 1. The molecule has 0 bridgehead atoms. The predicted octanol–water partition coefficient (Wildman–Crippen LogP) is 3.57. The molecule has 0 radical (unpaired) electrons. The van der Waals surface area contributed by atoms with Crippen LogP contribution in [0.3, 0.4) is 0 Å². The summed E-state index contributed by atoms with van der Waals surface area (Å²) in [5.41, 5.74) is 1.68. The van der Waals surface area contributed by atoms with E-state index in [1.165, 1.54) is 0 Å². The van der Waals surface area contributed by atoms with Gasteiger partial charge in [-0.3, -0.25) is 4.68 Å². The fourth-order valence-corrected chi connectivity index (χ4v) is 4.42. The van der Waals surface area contributed by atoms with E-state index in [2.05, 4.69) is 37.0 Å². The highest BCUT2D eigenvalue weighted by Gasteiger charge is 2.19. The number of aliphatic hydroxyl groups excluding tert-OH is 1. The van der Waals surface area contributed by atoms with Crippen LogP contribution in [0.4, 0.5) is 0 Å². The molecule has 0 spiro atoms. The van der Waals surface area contributed by atoms with Gasteiger partial charge in [-0.1, -0.05) is 0 Å². The Labute approximate surface area is 114 Å². The van der Waals surface area contributed by atoms with E-state index in [1.54, 1.807) is 22.2 Å². The maximum absolute atomic E-state index is 10.3.